The molecule has 122 valence electrons. The molecule has 1 aromatic heterocycles. The van der Waals surface area contributed by atoms with Crippen LogP contribution in [0.25, 0.3) is 22.8 Å². The smallest absolute Gasteiger partial charge is 0.258 e. The molecule has 0 radical (unpaired) electrons. The van der Waals surface area contributed by atoms with Crippen molar-refractivity contribution in [2.75, 3.05) is 12.4 Å². The van der Waals surface area contributed by atoms with Gasteiger partial charge in [-0.3, -0.25) is 4.79 Å². The molecule has 0 atom stereocenters. The topological polar surface area (TPSA) is 77.3 Å². The Kier molecular flexibility index (Phi) is 4.24. The number of methoxy groups -OCH3 is 1. The van der Waals surface area contributed by atoms with Crippen LogP contribution in [0.15, 0.2) is 47.0 Å². The van der Waals surface area contributed by atoms with E-state index in [1.165, 1.54) is 25.1 Å². The fourth-order valence-corrected chi connectivity index (χ4v) is 2.14. The first-order chi connectivity index (χ1) is 11.6. The van der Waals surface area contributed by atoms with E-state index in [1.807, 2.05) is 0 Å². The number of rotatable bonds is 4. The lowest BCUT2D eigenvalue weighted by Crippen LogP contribution is -2.07. The number of carbonyl (C=O) groups is 1. The Morgan fingerprint density at radius 3 is 2.54 bits per heavy atom. The average Bonchev–Trinajstić information content (AvgIpc) is 3.06. The van der Waals surface area contributed by atoms with Crippen molar-refractivity contribution in [2.45, 2.75) is 6.92 Å². The van der Waals surface area contributed by atoms with Crippen LogP contribution in [-0.4, -0.2) is 23.2 Å². The molecule has 24 heavy (non-hydrogen) atoms. The van der Waals surface area contributed by atoms with Crippen molar-refractivity contribution in [3.63, 3.8) is 0 Å². The van der Waals surface area contributed by atoms with Gasteiger partial charge in [-0.1, -0.05) is 5.16 Å². The zero-order valence-electron chi connectivity index (χ0n) is 13.0. The molecule has 2 aromatic carbocycles. The first-order valence-electron chi connectivity index (χ1n) is 7.12. The number of aromatic nitrogens is 2. The van der Waals surface area contributed by atoms with Gasteiger partial charge in [0, 0.05) is 18.1 Å². The lowest BCUT2D eigenvalue weighted by Gasteiger charge is -2.04. The SMILES string of the molecule is COc1ccc(-c2noc(-c3ccc(F)c(NC(C)=O)c3)n2)cc1. The normalized spacial score (nSPS) is 10.5. The predicted octanol–water partition coefficient (Wildman–Crippen LogP) is 3.51. The van der Waals surface area contributed by atoms with Gasteiger partial charge in [0.05, 0.1) is 12.8 Å². The van der Waals surface area contributed by atoms with Crippen LogP contribution in [0.4, 0.5) is 10.1 Å². The van der Waals surface area contributed by atoms with Gasteiger partial charge in [-0.15, -0.1) is 0 Å². The van der Waals surface area contributed by atoms with E-state index in [-0.39, 0.29) is 17.5 Å². The summed E-state index contributed by atoms with van der Waals surface area (Å²) in [6.45, 7) is 1.31. The van der Waals surface area contributed by atoms with Gasteiger partial charge in [0.1, 0.15) is 11.6 Å². The number of amides is 1. The van der Waals surface area contributed by atoms with Gasteiger partial charge in [0.15, 0.2) is 0 Å². The molecule has 1 N–H and O–H groups in total. The molecule has 0 spiro atoms. The number of hydrogen-bond acceptors (Lipinski definition) is 5. The average molecular weight is 327 g/mol. The Hall–Kier alpha value is -3.22. The lowest BCUT2D eigenvalue weighted by molar-refractivity contribution is -0.114. The first kappa shape index (κ1) is 15.7. The summed E-state index contributed by atoms with van der Waals surface area (Å²) in [5, 5.41) is 6.34. The molecular weight excluding hydrogens is 313 g/mol. The van der Waals surface area contributed by atoms with Gasteiger partial charge in [-0.05, 0) is 42.5 Å². The van der Waals surface area contributed by atoms with E-state index in [9.17, 15) is 9.18 Å². The Bertz CT molecular complexity index is 875. The van der Waals surface area contributed by atoms with E-state index >= 15 is 0 Å². The number of halogens is 1. The molecule has 0 aliphatic carbocycles. The molecule has 7 heteroatoms. The molecule has 0 aliphatic rings. The van der Waals surface area contributed by atoms with Gasteiger partial charge in [-0.25, -0.2) is 4.39 Å². The highest BCUT2D eigenvalue weighted by molar-refractivity contribution is 5.89. The molecule has 3 rings (SSSR count). The highest BCUT2D eigenvalue weighted by Gasteiger charge is 2.13. The van der Waals surface area contributed by atoms with Gasteiger partial charge < -0.3 is 14.6 Å². The number of carbonyl (C=O) groups excluding carboxylic acids is 1. The van der Waals surface area contributed by atoms with Crippen molar-refractivity contribution < 1.29 is 18.4 Å². The zero-order valence-corrected chi connectivity index (χ0v) is 13.0. The maximum Gasteiger partial charge on any atom is 0.258 e. The highest BCUT2D eigenvalue weighted by atomic mass is 19.1. The maximum atomic E-state index is 13.7. The van der Waals surface area contributed by atoms with Gasteiger partial charge in [-0.2, -0.15) is 4.98 Å². The van der Waals surface area contributed by atoms with E-state index < -0.39 is 5.82 Å². The van der Waals surface area contributed by atoms with Crippen molar-refractivity contribution in [1.82, 2.24) is 10.1 Å². The van der Waals surface area contributed by atoms with Crippen molar-refractivity contribution in [1.29, 1.82) is 0 Å². The molecule has 0 fully saturated rings. The Balaban J connectivity index is 1.91. The summed E-state index contributed by atoms with van der Waals surface area (Å²) in [5.41, 5.74) is 1.33. The summed E-state index contributed by atoms with van der Waals surface area (Å²) < 4.78 is 24.0. The minimum atomic E-state index is -0.538. The fourth-order valence-electron chi connectivity index (χ4n) is 2.14. The Morgan fingerprint density at radius 2 is 1.88 bits per heavy atom. The third kappa shape index (κ3) is 3.24. The van der Waals surface area contributed by atoms with Gasteiger partial charge in [0.25, 0.3) is 5.89 Å². The number of nitrogens with one attached hydrogen (secondary N) is 1. The zero-order chi connectivity index (χ0) is 17.1. The summed E-state index contributed by atoms with van der Waals surface area (Å²) in [4.78, 5) is 15.4. The number of nitrogens with zero attached hydrogens (tertiary/aromatic N) is 2. The number of ether oxygens (including phenoxy) is 1. The third-order valence-corrected chi connectivity index (χ3v) is 3.30. The number of hydrogen-bond donors (Lipinski definition) is 1. The lowest BCUT2D eigenvalue weighted by atomic mass is 10.2. The van der Waals surface area contributed by atoms with Crippen molar-refractivity contribution in [2.24, 2.45) is 0 Å². The van der Waals surface area contributed by atoms with E-state index in [0.29, 0.717) is 11.4 Å². The van der Waals surface area contributed by atoms with Crippen molar-refractivity contribution >= 4 is 11.6 Å². The van der Waals surface area contributed by atoms with Crippen LogP contribution >= 0.6 is 0 Å². The van der Waals surface area contributed by atoms with Crippen molar-refractivity contribution in [3.8, 4) is 28.6 Å². The van der Waals surface area contributed by atoms with E-state index in [0.717, 1.165) is 11.3 Å². The second-order valence-electron chi connectivity index (χ2n) is 5.03. The summed E-state index contributed by atoms with van der Waals surface area (Å²) in [5.74, 6) is 0.450. The molecule has 0 saturated carbocycles. The number of anilines is 1. The van der Waals surface area contributed by atoms with Crippen molar-refractivity contribution in [3.05, 3.63) is 48.3 Å². The Labute approximate surface area is 137 Å². The summed E-state index contributed by atoms with van der Waals surface area (Å²) in [7, 11) is 1.59. The second-order valence-corrected chi connectivity index (χ2v) is 5.03. The molecule has 1 amide bonds. The number of benzene rings is 2. The summed E-state index contributed by atoms with van der Waals surface area (Å²) in [6, 6.07) is 11.4. The second kappa shape index (κ2) is 6.49. The van der Waals surface area contributed by atoms with Crippen LogP contribution in [0, 0.1) is 5.82 Å². The minimum Gasteiger partial charge on any atom is -0.497 e. The molecule has 0 unspecified atom stereocenters. The molecule has 0 saturated heterocycles. The molecular formula is C17H14FN3O3. The Morgan fingerprint density at radius 1 is 1.17 bits per heavy atom. The summed E-state index contributed by atoms with van der Waals surface area (Å²) in [6.07, 6.45) is 0. The van der Waals surface area contributed by atoms with E-state index in [4.69, 9.17) is 9.26 Å². The molecule has 6 nitrogen and oxygen atoms in total. The largest absolute Gasteiger partial charge is 0.497 e. The quantitative estimate of drug-likeness (QED) is 0.793. The van der Waals surface area contributed by atoms with Crippen LogP contribution in [0.1, 0.15) is 6.92 Å². The van der Waals surface area contributed by atoms with Crippen LogP contribution < -0.4 is 10.1 Å². The van der Waals surface area contributed by atoms with Crippen LogP contribution in [0.2, 0.25) is 0 Å². The highest BCUT2D eigenvalue weighted by Crippen LogP contribution is 2.26. The maximum absolute atomic E-state index is 13.7. The van der Waals surface area contributed by atoms with Crippen LogP contribution in [0.3, 0.4) is 0 Å². The van der Waals surface area contributed by atoms with Gasteiger partial charge in [0.2, 0.25) is 11.7 Å². The molecule has 0 bridgehead atoms. The predicted molar refractivity (Wildman–Crippen MR) is 86.0 cm³/mol. The third-order valence-electron chi connectivity index (χ3n) is 3.30. The fraction of sp³-hybridized carbons (Fsp3) is 0.118. The van der Waals surface area contributed by atoms with E-state index in [2.05, 4.69) is 15.5 Å². The monoisotopic (exact) mass is 327 g/mol. The van der Waals surface area contributed by atoms with Crippen LogP contribution in [-0.2, 0) is 4.79 Å². The molecule has 0 aliphatic heterocycles. The van der Waals surface area contributed by atoms with E-state index in [1.54, 1.807) is 31.4 Å². The first-order valence-corrected chi connectivity index (χ1v) is 7.12. The minimum absolute atomic E-state index is 0.0594. The molecule has 3 aromatic rings. The van der Waals surface area contributed by atoms with Crippen LogP contribution in [0.5, 0.6) is 5.75 Å². The summed E-state index contributed by atoms with van der Waals surface area (Å²) >= 11 is 0. The molecule has 1 heterocycles. The van der Waals surface area contributed by atoms with Gasteiger partial charge >= 0.3 is 0 Å². The standard InChI is InChI=1S/C17H14FN3O3/c1-10(22)19-15-9-12(5-8-14(15)18)17-20-16(21-24-17)11-3-6-13(23-2)7-4-11/h3-9H,1-2H3,(H,19,22).